The predicted molar refractivity (Wildman–Crippen MR) is 236 cm³/mol. The Balaban J connectivity index is 0.000000230. The molecule has 1 N–H and O–H groups in total. The van der Waals surface area contributed by atoms with Crippen molar-refractivity contribution in [2.75, 3.05) is 67.5 Å². The van der Waals surface area contributed by atoms with Crippen molar-refractivity contribution in [1.82, 2.24) is 39.1 Å². The Labute approximate surface area is 352 Å². The summed E-state index contributed by atoms with van der Waals surface area (Å²) >= 11 is 0. The van der Waals surface area contributed by atoms with Gasteiger partial charge in [0, 0.05) is 65.2 Å². The molecule has 4 aromatic rings. The van der Waals surface area contributed by atoms with Crippen molar-refractivity contribution in [3.63, 3.8) is 0 Å². The van der Waals surface area contributed by atoms with Crippen molar-refractivity contribution in [2.45, 2.75) is 114 Å². The Morgan fingerprint density at radius 3 is 1.44 bits per heavy atom. The van der Waals surface area contributed by atoms with Crippen LogP contribution in [0.3, 0.4) is 0 Å². The van der Waals surface area contributed by atoms with Crippen molar-refractivity contribution in [3.8, 4) is 0 Å². The quantitative estimate of drug-likeness (QED) is 0.192. The number of hydrogen-bond donors (Lipinski definition) is 1. The number of likely N-dealkylation sites (tertiary alicyclic amines) is 1. The first-order chi connectivity index (χ1) is 27.1. The zero-order valence-corrected chi connectivity index (χ0v) is 39.2. The third kappa shape index (κ3) is 11.6. The van der Waals surface area contributed by atoms with E-state index in [4.69, 9.17) is 14.7 Å². The van der Waals surface area contributed by atoms with E-state index in [1.807, 2.05) is 26.2 Å². The lowest BCUT2D eigenvalue weighted by Gasteiger charge is -2.39. The number of fused-ring (bicyclic) bond motifs is 2. The molecule has 2 aromatic heterocycles. The Hall–Kier alpha value is -3.57. The van der Waals surface area contributed by atoms with E-state index in [9.17, 15) is 21.6 Å². The number of ether oxygens (including phenoxy) is 1. The van der Waals surface area contributed by atoms with Crippen LogP contribution in [0.1, 0.15) is 74.0 Å². The van der Waals surface area contributed by atoms with E-state index in [0.717, 1.165) is 67.2 Å². The molecule has 59 heavy (non-hydrogen) atoms. The van der Waals surface area contributed by atoms with Gasteiger partial charge < -0.3 is 33.9 Å². The second-order valence-electron chi connectivity index (χ2n) is 20.1. The molecule has 0 atom stereocenters. The summed E-state index contributed by atoms with van der Waals surface area (Å²) in [5.74, 6) is 1.99. The maximum Gasteiger partial charge on any atom is 0.410 e. The molecule has 0 saturated carbocycles. The van der Waals surface area contributed by atoms with E-state index in [-0.39, 0.29) is 34.1 Å². The minimum atomic E-state index is -3.58. The van der Waals surface area contributed by atoms with Crippen molar-refractivity contribution in [3.05, 3.63) is 48.0 Å². The number of nitrogens with zero attached hydrogens (tertiary/aromatic N) is 7. The fourth-order valence-electron chi connectivity index (χ4n) is 6.97. The molecule has 0 bridgehead atoms. The van der Waals surface area contributed by atoms with E-state index < -0.39 is 36.6 Å². The maximum atomic E-state index is 13.2. The molecule has 16 heteroatoms. The first-order valence-electron chi connectivity index (χ1n) is 20.6. The summed E-state index contributed by atoms with van der Waals surface area (Å²) in [7, 11) is 1.33. The third-order valence-electron chi connectivity index (χ3n) is 10.3. The lowest BCUT2D eigenvalue weighted by atomic mass is 9.92. The number of sulfone groups is 2. The Kier molecular flexibility index (Phi) is 13.7. The smallest absolute Gasteiger partial charge is 0.410 e. The first-order valence-corrected chi connectivity index (χ1v) is 23.7. The number of carbonyl (C=O) groups is 1. The summed E-state index contributed by atoms with van der Waals surface area (Å²) in [6.07, 6.45) is 1.17. The van der Waals surface area contributed by atoms with Crippen molar-refractivity contribution in [1.29, 1.82) is 0 Å². The summed E-state index contributed by atoms with van der Waals surface area (Å²) < 4.78 is 61.7. The molecule has 0 aliphatic carbocycles. The molecular formula is C43H68N8O6S2. The van der Waals surface area contributed by atoms with E-state index in [2.05, 4.69) is 79.9 Å². The molecule has 6 rings (SSSR count). The topological polar surface area (TPSA) is 152 Å². The highest BCUT2D eigenvalue weighted by molar-refractivity contribution is 7.92. The second-order valence-corrected chi connectivity index (χ2v) is 24.6. The molecule has 2 aromatic carbocycles. The summed E-state index contributed by atoms with van der Waals surface area (Å²) in [4.78, 5) is 28.2. The zero-order chi connectivity index (χ0) is 43.9. The van der Waals surface area contributed by atoms with Gasteiger partial charge in [0.2, 0.25) is 0 Å². The standard InChI is InChI=1S/C24H38N4O4S.C19H30N4O2S/c1-23(2,3)14-21-25-19-13-17(9-10-20(19)28(21)12-11-26(7)8)33(30,31)18-15-27(16-18)22(29)32-24(4,5)6;1-19(2,3)11-18-21-16-10-14(26(24,25)15-12-20-13-15)6-7-17(16)23(18)9-8-22(4)5/h9-10,13,18H,11-12,14-16H2,1-8H3;6-7,10,15,20H,8-9,11-13H2,1-5H3. The minimum Gasteiger partial charge on any atom is -0.444 e. The van der Waals surface area contributed by atoms with Crippen LogP contribution >= 0.6 is 0 Å². The Bertz CT molecular complexity index is 2340. The van der Waals surface area contributed by atoms with Gasteiger partial charge in [-0.3, -0.25) is 0 Å². The van der Waals surface area contributed by atoms with Crippen LogP contribution < -0.4 is 5.32 Å². The van der Waals surface area contributed by atoms with Crippen LogP contribution in [0.4, 0.5) is 4.79 Å². The molecular weight excluding hydrogens is 789 g/mol. The molecule has 1 amide bonds. The fourth-order valence-corrected chi connectivity index (χ4v) is 10.2. The monoisotopic (exact) mass is 856 g/mol. The van der Waals surface area contributed by atoms with Gasteiger partial charge in [-0.2, -0.15) is 0 Å². The van der Waals surface area contributed by atoms with Gasteiger partial charge in [0.05, 0.1) is 37.1 Å². The number of benzene rings is 2. The van der Waals surface area contributed by atoms with Crippen LogP contribution in [-0.2, 0) is 50.3 Å². The number of imidazole rings is 2. The molecule has 2 saturated heterocycles. The molecule has 0 spiro atoms. The molecule has 2 aliphatic rings. The van der Waals surface area contributed by atoms with Crippen LogP contribution in [0, 0.1) is 10.8 Å². The van der Waals surface area contributed by atoms with Gasteiger partial charge in [-0.25, -0.2) is 31.6 Å². The summed E-state index contributed by atoms with van der Waals surface area (Å²) in [6, 6.07) is 10.6. The SMILES string of the molecule is CN(C)CCn1c(CC(C)(C)C)nc2cc(S(=O)(=O)C3CN(C(=O)OC(C)(C)C)C3)ccc21.CN(C)CCn1c(CC(C)(C)C)nc2cc(S(=O)(=O)C3CNC3)ccc21. The highest BCUT2D eigenvalue weighted by atomic mass is 32.2. The van der Waals surface area contributed by atoms with E-state index in [1.54, 1.807) is 45.0 Å². The average molecular weight is 857 g/mol. The number of rotatable bonds is 12. The second kappa shape index (κ2) is 17.4. The van der Waals surface area contributed by atoms with Crippen LogP contribution in [0.5, 0.6) is 0 Å². The third-order valence-corrected chi connectivity index (χ3v) is 14.5. The van der Waals surface area contributed by atoms with Gasteiger partial charge >= 0.3 is 6.09 Å². The summed E-state index contributed by atoms with van der Waals surface area (Å²) in [5, 5.41) is 2.09. The van der Waals surface area contributed by atoms with E-state index >= 15 is 0 Å². The van der Waals surface area contributed by atoms with Crippen molar-refractivity contribution >= 4 is 47.8 Å². The minimum absolute atomic E-state index is 0.0587. The van der Waals surface area contributed by atoms with Gasteiger partial charge in [-0.1, -0.05) is 41.5 Å². The van der Waals surface area contributed by atoms with Gasteiger partial charge in [-0.15, -0.1) is 0 Å². The lowest BCUT2D eigenvalue weighted by molar-refractivity contribution is 0.0139. The first kappa shape index (κ1) is 46.5. The van der Waals surface area contributed by atoms with E-state index in [0.29, 0.717) is 23.5 Å². The normalized spacial score (nSPS) is 16.1. The Morgan fingerprint density at radius 2 is 1.10 bits per heavy atom. The number of likely N-dealkylation sites (N-methyl/N-ethyl adjacent to an activating group) is 2. The highest BCUT2D eigenvalue weighted by Crippen LogP contribution is 2.31. The number of carbonyl (C=O) groups excluding carboxylic acids is 1. The fraction of sp³-hybridized carbons (Fsp3) is 0.651. The number of nitrogens with one attached hydrogen (secondary N) is 1. The maximum absolute atomic E-state index is 13.2. The molecule has 0 unspecified atom stereocenters. The summed E-state index contributed by atoms with van der Waals surface area (Å²) in [5.41, 5.74) is 2.99. The van der Waals surface area contributed by atoms with Crippen LogP contribution in [0.2, 0.25) is 0 Å². The number of hydrogen-bond acceptors (Lipinski definition) is 11. The van der Waals surface area contributed by atoms with Gasteiger partial charge in [0.1, 0.15) is 22.5 Å². The molecule has 2 fully saturated rings. The highest BCUT2D eigenvalue weighted by Gasteiger charge is 2.42. The van der Waals surface area contributed by atoms with E-state index in [1.165, 1.54) is 4.90 Å². The van der Waals surface area contributed by atoms with Crippen LogP contribution in [-0.4, -0.2) is 140 Å². The predicted octanol–water partition coefficient (Wildman–Crippen LogP) is 5.51. The Morgan fingerprint density at radius 1 is 0.695 bits per heavy atom. The van der Waals surface area contributed by atoms with Gasteiger partial charge in [0.25, 0.3) is 0 Å². The largest absolute Gasteiger partial charge is 0.444 e. The van der Waals surface area contributed by atoms with Crippen LogP contribution in [0.25, 0.3) is 22.1 Å². The lowest BCUT2D eigenvalue weighted by Crippen LogP contribution is -2.57. The number of aromatic nitrogens is 4. The molecule has 14 nitrogen and oxygen atoms in total. The van der Waals surface area contributed by atoms with Gasteiger partial charge in [0.15, 0.2) is 19.7 Å². The van der Waals surface area contributed by atoms with Crippen LogP contribution in [0.15, 0.2) is 46.2 Å². The van der Waals surface area contributed by atoms with Gasteiger partial charge in [-0.05, 0) is 96.2 Å². The number of amides is 1. The molecule has 2 aliphatic heterocycles. The average Bonchev–Trinajstić information content (AvgIpc) is 3.53. The molecule has 328 valence electrons. The molecule has 4 heterocycles. The summed E-state index contributed by atoms with van der Waals surface area (Å²) in [6.45, 7) is 23.2. The van der Waals surface area contributed by atoms with Crippen molar-refractivity contribution < 1.29 is 26.4 Å². The zero-order valence-electron chi connectivity index (χ0n) is 37.6. The van der Waals surface area contributed by atoms with Crippen molar-refractivity contribution in [2.24, 2.45) is 10.8 Å². The molecule has 0 radical (unpaired) electrons.